The third-order valence-corrected chi connectivity index (χ3v) is 6.48. The Morgan fingerprint density at radius 2 is 1.89 bits per heavy atom. The van der Waals surface area contributed by atoms with Crippen LogP contribution in [0.2, 0.25) is 0 Å². The van der Waals surface area contributed by atoms with Gasteiger partial charge < -0.3 is 4.98 Å². The van der Waals surface area contributed by atoms with E-state index in [4.69, 9.17) is 6.42 Å². The van der Waals surface area contributed by atoms with E-state index in [0.29, 0.717) is 39.9 Å². The summed E-state index contributed by atoms with van der Waals surface area (Å²) < 4.78 is 37.8. The molecule has 0 radical (unpaired) electrons. The Bertz CT molecular complexity index is 1650. The van der Waals surface area contributed by atoms with E-state index in [1.54, 1.807) is 30.3 Å². The fraction of sp³-hybridized carbons (Fsp3) is 0.269. The summed E-state index contributed by atoms with van der Waals surface area (Å²) >= 11 is 0. The maximum absolute atomic E-state index is 13.1. The highest BCUT2D eigenvalue weighted by Crippen LogP contribution is 2.31. The summed E-state index contributed by atoms with van der Waals surface area (Å²) in [6.45, 7) is 2.10. The van der Waals surface area contributed by atoms with Crippen molar-refractivity contribution in [3.8, 4) is 18.4 Å². The molecule has 8 nitrogen and oxygen atoms in total. The van der Waals surface area contributed by atoms with Gasteiger partial charge in [-0.1, -0.05) is 23.2 Å². The summed E-state index contributed by atoms with van der Waals surface area (Å²) in [6.07, 6.45) is 2.26. The topological polar surface area (TPSA) is 102 Å². The number of aromatic nitrogens is 3. The second-order valence-corrected chi connectivity index (χ2v) is 8.85. The summed E-state index contributed by atoms with van der Waals surface area (Å²) in [6, 6.07) is 13.8. The van der Waals surface area contributed by atoms with Crippen LogP contribution in [0.3, 0.4) is 0 Å². The number of terminal acetylenes is 1. The van der Waals surface area contributed by atoms with Crippen LogP contribution in [0.15, 0.2) is 57.5 Å². The molecule has 5 rings (SSSR count). The molecule has 11 heteroatoms. The van der Waals surface area contributed by atoms with Gasteiger partial charge in [-0.15, -0.1) is 24.7 Å². The maximum Gasteiger partial charge on any atom is 0.521 e. The van der Waals surface area contributed by atoms with Gasteiger partial charge in [0.1, 0.15) is 11.6 Å². The number of nitrogens with zero attached hydrogens (tertiary/aromatic N) is 6. The molecular weight excluding hydrogens is 483 g/mol. The first-order chi connectivity index (χ1) is 17.8. The van der Waals surface area contributed by atoms with E-state index in [2.05, 4.69) is 37.2 Å². The lowest BCUT2D eigenvalue weighted by atomic mass is 9.91. The van der Waals surface area contributed by atoms with E-state index in [1.165, 1.54) is 16.6 Å². The molecule has 0 saturated carbocycles. The molecule has 3 heterocycles. The molecule has 0 atom stereocenters. The number of azo groups is 1. The van der Waals surface area contributed by atoms with E-state index in [9.17, 15) is 23.2 Å². The van der Waals surface area contributed by atoms with Gasteiger partial charge in [-0.05, 0) is 61.8 Å². The molecule has 0 spiro atoms. The number of H-pyrrole nitrogens is 1. The molecular formula is C26H20F3N7O. The number of rotatable bonds is 4. The van der Waals surface area contributed by atoms with Crippen molar-refractivity contribution < 1.29 is 13.2 Å². The number of piperidine rings is 1. The number of nitrogens with one attached hydrogen (secondary N) is 1. The second kappa shape index (κ2) is 9.52. The molecule has 1 fully saturated rings. The Kier molecular flexibility index (Phi) is 6.24. The smallest absolute Gasteiger partial charge is 0.338 e. The highest BCUT2D eigenvalue weighted by Gasteiger charge is 2.28. The number of hydrogen-bond acceptors (Lipinski definition) is 6. The van der Waals surface area contributed by atoms with Crippen molar-refractivity contribution >= 4 is 22.2 Å². The fourth-order valence-electron chi connectivity index (χ4n) is 4.66. The van der Waals surface area contributed by atoms with Crippen molar-refractivity contribution in [1.82, 2.24) is 19.5 Å². The van der Waals surface area contributed by atoms with Gasteiger partial charge >= 0.3 is 6.30 Å². The van der Waals surface area contributed by atoms with Gasteiger partial charge in [-0.3, -0.25) is 9.69 Å². The highest BCUT2D eigenvalue weighted by molar-refractivity contribution is 5.82. The molecule has 0 aliphatic carbocycles. The predicted molar refractivity (Wildman–Crippen MR) is 130 cm³/mol. The Hall–Kier alpha value is -4.48. The number of nitriles is 1. The molecule has 1 saturated heterocycles. The monoisotopic (exact) mass is 503 g/mol. The van der Waals surface area contributed by atoms with Crippen LogP contribution in [-0.4, -0.2) is 38.9 Å². The van der Waals surface area contributed by atoms with Crippen molar-refractivity contribution in [2.24, 2.45) is 10.2 Å². The molecule has 0 unspecified atom stereocenters. The van der Waals surface area contributed by atoms with Gasteiger partial charge in [-0.25, -0.2) is 0 Å². The van der Waals surface area contributed by atoms with Gasteiger partial charge in [0.05, 0.1) is 22.3 Å². The molecule has 37 heavy (non-hydrogen) atoms. The van der Waals surface area contributed by atoms with Crippen LogP contribution in [0, 0.1) is 23.7 Å². The number of alkyl halides is 3. The zero-order valence-corrected chi connectivity index (χ0v) is 19.5. The average molecular weight is 503 g/mol. The van der Waals surface area contributed by atoms with Crippen molar-refractivity contribution in [1.29, 1.82) is 5.26 Å². The normalized spacial score (nSPS) is 15.4. The lowest BCUT2D eigenvalue weighted by Gasteiger charge is -2.31. The van der Waals surface area contributed by atoms with Crippen molar-refractivity contribution in [3.05, 3.63) is 75.2 Å². The minimum Gasteiger partial charge on any atom is -0.338 e. The maximum atomic E-state index is 13.1. The molecule has 186 valence electrons. The van der Waals surface area contributed by atoms with Gasteiger partial charge in [0.2, 0.25) is 0 Å². The van der Waals surface area contributed by atoms with Crippen LogP contribution >= 0.6 is 0 Å². The molecule has 2 aromatic carbocycles. The summed E-state index contributed by atoms with van der Waals surface area (Å²) in [4.78, 5) is 18.5. The summed E-state index contributed by atoms with van der Waals surface area (Å²) in [5.41, 5.74) is 3.24. The summed E-state index contributed by atoms with van der Waals surface area (Å²) in [7, 11) is 0. The number of benzene rings is 2. The summed E-state index contributed by atoms with van der Waals surface area (Å²) in [5, 5.41) is 20.4. The van der Waals surface area contributed by atoms with Crippen LogP contribution < -0.4 is 5.56 Å². The molecule has 1 aliphatic heterocycles. The minimum absolute atomic E-state index is 0.00754. The Balaban J connectivity index is 1.32. The lowest BCUT2D eigenvalue weighted by molar-refractivity contribution is -0.125. The second-order valence-electron chi connectivity index (χ2n) is 8.85. The molecule has 1 aliphatic rings. The number of aromatic amines is 1. The zero-order chi connectivity index (χ0) is 26.2. The summed E-state index contributed by atoms with van der Waals surface area (Å²) in [5.74, 6) is 2.53. The lowest BCUT2D eigenvalue weighted by Crippen LogP contribution is -2.32. The number of hydrogen-bond donors (Lipinski definition) is 1. The standard InChI is InChI=1S/C26H20F3N7O/c1-2-16-5-8-22-20(13-16)25(37)36-24(31-22)21(14-30)23(33-36)18-9-11-35(12-10-18)15-17-3-6-19(7-4-17)32-34-26(27,28)29/h1,3-8,13,18,31H,9-12,15H2/b34-32-. The quantitative estimate of drug-likeness (QED) is 0.240. The SMILES string of the molecule is C#Cc1ccc2[nH]c3c(C#N)c(C4CCN(Cc5ccc(/N=N\C(F)(F)F)cc5)CC4)nn3c(=O)c2c1. The molecule has 1 N–H and O–H groups in total. The zero-order valence-electron chi connectivity index (χ0n) is 19.5. The largest absolute Gasteiger partial charge is 0.521 e. The van der Waals surface area contributed by atoms with Crippen molar-refractivity contribution in [2.45, 2.75) is 31.6 Å². The van der Waals surface area contributed by atoms with Gasteiger partial charge in [-0.2, -0.15) is 14.9 Å². The predicted octanol–water partition coefficient (Wildman–Crippen LogP) is 5.01. The van der Waals surface area contributed by atoms with Gasteiger partial charge in [0.25, 0.3) is 5.56 Å². The Morgan fingerprint density at radius 3 is 2.54 bits per heavy atom. The number of likely N-dealkylation sites (tertiary alicyclic amines) is 1. The highest BCUT2D eigenvalue weighted by atomic mass is 19.4. The van der Waals surface area contributed by atoms with E-state index < -0.39 is 6.30 Å². The molecule has 2 aromatic heterocycles. The van der Waals surface area contributed by atoms with Crippen LogP contribution in [0.4, 0.5) is 18.9 Å². The first-order valence-corrected chi connectivity index (χ1v) is 11.5. The van der Waals surface area contributed by atoms with E-state index >= 15 is 0 Å². The Morgan fingerprint density at radius 1 is 1.16 bits per heavy atom. The van der Waals surface area contributed by atoms with E-state index in [1.807, 2.05) is 0 Å². The van der Waals surface area contributed by atoms with Gasteiger partial charge in [0, 0.05) is 18.0 Å². The molecule has 0 bridgehead atoms. The van der Waals surface area contributed by atoms with E-state index in [-0.39, 0.29) is 17.2 Å². The third-order valence-electron chi connectivity index (χ3n) is 6.48. The number of halogens is 3. The Labute approximate surface area is 209 Å². The van der Waals surface area contributed by atoms with Crippen LogP contribution in [0.5, 0.6) is 0 Å². The van der Waals surface area contributed by atoms with Gasteiger partial charge in [0.15, 0.2) is 5.65 Å². The minimum atomic E-state index is -4.69. The first-order valence-electron chi connectivity index (χ1n) is 11.5. The van der Waals surface area contributed by atoms with Crippen LogP contribution in [0.1, 0.15) is 41.1 Å². The van der Waals surface area contributed by atoms with Crippen LogP contribution in [-0.2, 0) is 6.54 Å². The van der Waals surface area contributed by atoms with Crippen molar-refractivity contribution in [3.63, 3.8) is 0 Å². The van der Waals surface area contributed by atoms with Crippen LogP contribution in [0.25, 0.3) is 16.6 Å². The van der Waals surface area contributed by atoms with Crippen molar-refractivity contribution in [2.75, 3.05) is 13.1 Å². The van der Waals surface area contributed by atoms with E-state index in [0.717, 1.165) is 31.5 Å². The fourth-order valence-corrected chi connectivity index (χ4v) is 4.66. The molecule has 4 aromatic rings. The third kappa shape index (κ3) is 4.95. The average Bonchev–Trinajstić information content (AvgIpc) is 3.27. The molecule has 0 amide bonds. The first kappa shape index (κ1) is 24.2. The number of fused-ring (bicyclic) bond motifs is 2.